The summed E-state index contributed by atoms with van der Waals surface area (Å²) in [5.41, 5.74) is 1.15. The molecular formula is C18H19Cl2FN3O2+. The van der Waals surface area contributed by atoms with Crippen molar-refractivity contribution in [2.75, 3.05) is 25.5 Å². The van der Waals surface area contributed by atoms with E-state index in [1.807, 2.05) is 0 Å². The van der Waals surface area contributed by atoms with Crippen molar-refractivity contribution < 1.29 is 18.9 Å². The van der Waals surface area contributed by atoms with Crippen LogP contribution in [0.25, 0.3) is 0 Å². The number of rotatable bonds is 7. The fourth-order valence-corrected chi connectivity index (χ4v) is 2.77. The lowest BCUT2D eigenvalue weighted by atomic mass is 10.2. The predicted molar refractivity (Wildman–Crippen MR) is 100.0 cm³/mol. The van der Waals surface area contributed by atoms with Gasteiger partial charge in [0.15, 0.2) is 13.1 Å². The summed E-state index contributed by atoms with van der Waals surface area (Å²) in [5.74, 6) is -0.840. The summed E-state index contributed by atoms with van der Waals surface area (Å²) < 4.78 is 12.8. The fraction of sp³-hybridized carbons (Fsp3) is 0.222. The standard InChI is InChI=1S/C18H18Cl2FN3O2/c1-24(10-16(25)22-9-12-5-7-13(21)8-6-12)11-17(26)23-18-14(19)3-2-4-15(18)20/h2-8H,9-11H2,1H3,(H,22,25)(H,23,26)/p+1. The van der Waals surface area contributed by atoms with Crippen LogP contribution in [0, 0.1) is 5.82 Å². The van der Waals surface area contributed by atoms with Gasteiger partial charge in [-0.1, -0.05) is 41.4 Å². The van der Waals surface area contributed by atoms with Gasteiger partial charge in [0, 0.05) is 6.54 Å². The Bertz CT molecular complexity index is 764. The van der Waals surface area contributed by atoms with Crippen LogP contribution in [0.15, 0.2) is 42.5 Å². The van der Waals surface area contributed by atoms with Crippen molar-refractivity contribution in [1.29, 1.82) is 0 Å². The number of nitrogens with one attached hydrogen (secondary N) is 3. The molecular weight excluding hydrogens is 380 g/mol. The van der Waals surface area contributed by atoms with Gasteiger partial charge in [-0.2, -0.15) is 0 Å². The first kappa shape index (κ1) is 20.2. The van der Waals surface area contributed by atoms with Crippen molar-refractivity contribution in [2.45, 2.75) is 6.54 Å². The molecule has 0 spiro atoms. The summed E-state index contributed by atoms with van der Waals surface area (Å²) in [4.78, 5) is 24.8. The van der Waals surface area contributed by atoms with Crippen LogP contribution < -0.4 is 15.5 Å². The molecule has 5 nitrogen and oxygen atoms in total. The van der Waals surface area contributed by atoms with Gasteiger partial charge in [0.05, 0.1) is 22.8 Å². The number of anilines is 1. The molecule has 26 heavy (non-hydrogen) atoms. The molecule has 2 rings (SSSR count). The maximum absolute atomic E-state index is 12.8. The highest BCUT2D eigenvalue weighted by atomic mass is 35.5. The zero-order valence-corrected chi connectivity index (χ0v) is 15.6. The molecule has 0 aromatic heterocycles. The molecule has 0 saturated carbocycles. The molecule has 0 aliphatic heterocycles. The topological polar surface area (TPSA) is 62.6 Å². The van der Waals surface area contributed by atoms with Crippen molar-refractivity contribution in [3.63, 3.8) is 0 Å². The zero-order valence-electron chi connectivity index (χ0n) is 14.1. The summed E-state index contributed by atoms with van der Waals surface area (Å²) in [6, 6.07) is 10.8. The smallest absolute Gasteiger partial charge is 0.279 e. The number of likely N-dealkylation sites (N-methyl/N-ethyl adjacent to an activating group) is 1. The maximum atomic E-state index is 12.8. The van der Waals surface area contributed by atoms with E-state index in [1.54, 1.807) is 37.4 Å². The van der Waals surface area contributed by atoms with Gasteiger partial charge in [-0.25, -0.2) is 4.39 Å². The highest BCUT2D eigenvalue weighted by Gasteiger charge is 2.16. The van der Waals surface area contributed by atoms with Crippen LogP contribution in [-0.2, 0) is 16.1 Å². The van der Waals surface area contributed by atoms with Crippen LogP contribution in [0.3, 0.4) is 0 Å². The van der Waals surface area contributed by atoms with E-state index in [9.17, 15) is 14.0 Å². The van der Waals surface area contributed by atoms with E-state index in [2.05, 4.69) is 10.6 Å². The molecule has 0 bridgehead atoms. The summed E-state index contributed by atoms with van der Waals surface area (Å²) in [6.07, 6.45) is 0. The molecule has 1 atom stereocenters. The van der Waals surface area contributed by atoms with Gasteiger partial charge < -0.3 is 15.5 Å². The van der Waals surface area contributed by atoms with Crippen molar-refractivity contribution in [3.05, 3.63) is 63.9 Å². The van der Waals surface area contributed by atoms with Crippen LogP contribution in [0.5, 0.6) is 0 Å². The van der Waals surface area contributed by atoms with Gasteiger partial charge in [-0.15, -0.1) is 0 Å². The Morgan fingerprint density at radius 2 is 1.58 bits per heavy atom. The first-order valence-electron chi connectivity index (χ1n) is 7.91. The van der Waals surface area contributed by atoms with Crippen molar-refractivity contribution >= 4 is 40.7 Å². The molecule has 138 valence electrons. The second-order valence-corrected chi connectivity index (χ2v) is 6.67. The second kappa shape index (κ2) is 9.52. The van der Waals surface area contributed by atoms with Crippen LogP contribution in [-0.4, -0.2) is 32.0 Å². The molecule has 0 radical (unpaired) electrons. The van der Waals surface area contributed by atoms with E-state index in [4.69, 9.17) is 23.2 Å². The first-order chi connectivity index (χ1) is 12.3. The number of hydrogen-bond acceptors (Lipinski definition) is 2. The number of hydrogen-bond donors (Lipinski definition) is 3. The molecule has 2 aromatic carbocycles. The minimum Gasteiger partial charge on any atom is -0.347 e. The number of quaternary nitrogens is 1. The Hall–Kier alpha value is -2.15. The number of carbonyl (C=O) groups excluding carboxylic acids is 2. The van der Waals surface area contributed by atoms with Crippen LogP contribution in [0.2, 0.25) is 10.0 Å². The molecule has 0 saturated heterocycles. The lowest BCUT2D eigenvalue weighted by Gasteiger charge is -2.14. The lowest BCUT2D eigenvalue weighted by Crippen LogP contribution is -3.11. The molecule has 0 heterocycles. The van der Waals surface area contributed by atoms with Crippen LogP contribution >= 0.6 is 23.2 Å². The predicted octanol–water partition coefficient (Wildman–Crippen LogP) is 1.90. The van der Waals surface area contributed by atoms with Gasteiger partial charge in [-0.05, 0) is 29.8 Å². The molecule has 0 aliphatic rings. The normalized spacial score (nSPS) is 11.7. The Kier molecular flexibility index (Phi) is 7.38. The highest BCUT2D eigenvalue weighted by molar-refractivity contribution is 6.39. The molecule has 0 aliphatic carbocycles. The number of amides is 2. The Labute approximate surface area is 161 Å². The molecule has 3 N–H and O–H groups in total. The summed E-state index contributed by atoms with van der Waals surface area (Å²) in [6.45, 7) is 0.490. The molecule has 1 unspecified atom stereocenters. The largest absolute Gasteiger partial charge is 0.347 e. The molecule has 2 aromatic rings. The van der Waals surface area contributed by atoms with E-state index in [0.717, 1.165) is 5.56 Å². The molecule has 2 amide bonds. The second-order valence-electron chi connectivity index (χ2n) is 5.86. The van der Waals surface area contributed by atoms with E-state index in [-0.39, 0.29) is 30.7 Å². The molecule has 8 heteroatoms. The van der Waals surface area contributed by atoms with Gasteiger partial charge in [0.2, 0.25) is 0 Å². The quantitative estimate of drug-likeness (QED) is 0.666. The number of para-hydroxylation sites is 1. The lowest BCUT2D eigenvalue weighted by molar-refractivity contribution is -0.862. The highest BCUT2D eigenvalue weighted by Crippen LogP contribution is 2.29. The van der Waals surface area contributed by atoms with Crippen molar-refractivity contribution in [3.8, 4) is 0 Å². The SMILES string of the molecule is C[NH+](CC(=O)NCc1ccc(F)cc1)CC(=O)Nc1c(Cl)cccc1Cl. The van der Waals surface area contributed by atoms with Gasteiger partial charge in [-0.3, -0.25) is 9.59 Å². The third kappa shape index (κ3) is 6.29. The first-order valence-corrected chi connectivity index (χ1v) is 8.67. The molecule has 0 fully saturated rings. The van der Waals surface area contributed by atoms with Gasteiger partial charge in [0.25, 0.3) is 11.8 Å². The average molecular weight is 399 g/mol. The Balaban J connectivity index is 1.78. The van der Waals surface area contributed by atoms with Crippen molar-refractivity contribution in [1.82, 2.24) is 5.32 Å². The minimum absolute atomic E-state index is 0.0749. The van der Waals surface area contributed by atoms with Gasteiger partial charge in [0.1, 0.15) is 5.82 Å². The fourth-order valence-electron chi connectivity index (χ4n) is 2.28. The number of halogens is 3. The maximum Gasteiger partial charge on any atom is 0.279 e. The zero-order chi connectivity index (χ0) is 19.1. The third-order valence-electron chi connectivity index (χ3n) is 3.55. The van der Waals surface area contributed by atoms with Crippen molar-refractivity contribution in [2.24, 2.45) is 0 Å². The van der Waals surface area contributed by atoms with E-state index in [0.29, 0.717) is 27.2 Å². The minimum atomic E-state index is -0.325. The van der Waals surface area contributed by atoms with E-state index < -0.39 is 0 Å². The Morgan fingerprint density at radius 3 is 2.19 bits per heavy atom. The van der Waals surface area contributed by atoms with Crippen LogP contribution in [0.1, 0.15) is 5.56 Å². The Morgan fingerprint density at radius 1 is 1.00 bits per heavy atom. The van der Waals surface area contributed by atoms with E-state index >= 15 is 0 Å². The monoisotopic (exact) mass is 398 g/mol. The third-order valence-corrected chi connectivity index (χ3v) is 4.18. The summed E-state index contributed by atoms with van der Waals surface area (Å²) in [7, 11) is 1.73. The summed E-state index contributed by atoms with van der Waals surface area (Å²) >= 11 is 12.0. The number of carbonyl (C=O) groups is 2. The van der Waals surface area contributed by atoms with Crippen LogP contribution in [0.4, 0.5) is 10.1 Å². The summed E-state index contributed by atoms with van der Waals surface area (Å²) in [5, 5.41) is 6.08. The van der Waals surface area contributed by atoms with E-state index in [1.165, 1.54) is 12.1 Å². The number of benzene rings is 2. The average Bonchev–Trinajstić information content (AvgIpc) is 2.57. The van der Waals surface area contributed by atoms with Gasteiger partial charge >= 0.3 is 0 Å².